The lowest BCUT2D eigenvalue weighted by Crippen LogP contribution is -2.16. The Hall–Kier alpha value is -2.18. The third-order valence-corrected chi connectivity index (χ3v) is 2.65. The Kier molecular flexibility index (Phi) is 3.40. The summed E-state index contributed by atoms with van der Waals surface area (Å²) >= 11 is 0. The van der Waals surface area contributed by atoms with Gasteiger partial charge in [0.2, 0.25) is 0 Å². The van der Waals surface area contributed by atoms with Crippen LogP contribution in [0.25, 0.3) is 11.2 Å². The molecular formula is C11H15N5O2. The molecule has 0 amide bonds. The van der Waals surface area contributed by atoms with E-state index in [1.54, 1.807) is 6.92 Å². The predicted molar refractivity (Wildman–Crippen MR) is 65.8 cm³/mol. The van der Waals surface area contributed by atoms with Gasteiger partial charge in [0, 0.05) is 0 Å². The standard InChI is InChI=1S/C11H15N5O2/c1-3-6(11(17)18-4-2)9-15-7-8(12)13-5-14-10(7)16-9/h5-6H,3-4H2,1-2H3,(H3,12,13,14,15,16). The van der Waals surface area contributed by atoms with Crippen molar-refractivity contribution in [1.82, 2.24) is 19.9 Å². The van der Waals surface area contributed by atoms with E-state index in [-0.39, 0.29) is 5.97 Å². The fourth-order valence-corrected chi connectivity index (χ4v) is 1.74. The summed E-state index contributed by atoms with van der Waals surface area (Å²) in [7, 11) is 0. The van der Waals surface area contributed by atoms with E-state index in [4.69, 9.17) is 10.5 Å². The minimum absolute atomic E-state index is 0.300. The maximum absolute atomic E-state index is 11.8. The second kappa shape index (κ2) is 4.99. The number of hydrogen-bond acceptors (Lipinski definition) is 6. The van der Waals surface area contributed by atoms with Crippen molar-refractivity contribution in [2.75, 3.05) is 12.3 Å². The van der Waals surface area contributed by atoms with Crippen LogP contribution in [0.3, 0.4) is 0 Å². The first kappa shape index (κ1) is 12.3. The molecule has 0 aliphatic rings. The van der Waals surface area contributed by atoms with Crippen LogP contribution in [0.4, 0.5) is 5.82 Å². The monoisotopic (exact) mass is 249 g/mol. The molecule has 0 saturated heterocycles. The molecule has 0 aromatic carbocycles. The average molecular weight is 249 g/mol. The largest absolute Gasteiger partial charge is 0.465 e. The van der Waals surface area contributed by atoms with E-state index in [2.05, 4.69) is 19.9 Å². The second-order valence-electron chi connectivity index (χ2n) is 3.79. The molecule has 0 aliphatic heterocycles. The number of esters is 1. The molecule has 0 saturated carbocycles. The fraction of sp³-hybridized carbons (Fsp3) is 0.455. The Morgan fingerprint density at radius 2 is 2.28 bits per heavy atom. The van der Waals surface area contributed by atoms with Crippen molar-refractivity contribution in [2.45, 2.75) is 26.2 Å². The van der Waals surface area contributed by atoms with Gasteiger partial charge >= 0.3 is 5.97 Å². The number of anilines is 1. The van der Waals surface area contributed by atoms with Gasteiger partial charge in [0.25, 0.3) is 0 Å². The number of hydrogen-bond donors (Lipinski definition) is 2. The molecule has 2 heterocycles. The quantitative estimate of drug-likeness (QED) is 0.782. The Morgan fingerprint density at radius 1 is 1.50 bits per heavy atom. The molecule has 7 heteroatoms. The number of imidazole rings is 1. The van der Waals surface area contributed by atoms with Gasteiger partial charge in [-0.25, -0.2) is 15.0 Å². The van der Waals surface area contributed by atoms with Crippen LogP contribution in [0.2, 0.25) is 0 Å². The zero-order valence-electron chi connectivity index (χ0n) is 10.3. The Morgan fingerprint density at radius 3 is 2.89 bits per heavy atom. The van der Waals surface area contributed by atoms with Crippen LogP contribution in [-0.4, -0.2) is 32.5 Å². The van der Waals surface area contributed by atoms with Gasteiger partial charge in [0.15, 0.2) is 11.5 Å². The van der Waals surface area contributed by atoms with Crippen molar-refractivity contribution in [2.24, 2.45) is 0 Å². The molecule has 0 spiro atoms. The molecule has 0 aliphatic carbocycles. The molecule has 1 unspecified atom stereocenters. The third kappa shape index (κ3) is 2.11. The van der Waals surface area contributed by atoms with E-state index in [0.29, 0.717) is 35.8 Å². The fourth-order valence-electron chi connectivity index (χ4n) is 1.74. The molecule has 3 N–H and O–H groups in total. The highest BCUT2D eigenvalue weighted by atomic mass is 16.5. The zero-order chi connectivity index (χ0) is 13.1. The highest BCUT2D eigenvalue weighted by Gasteiger charge is 2.24. The molecule has 96 valence electrons. The minimum Gasteiger partial charge on any atom is -0.465 e. The maximum Gasteiger partial charge on any atom is 0.316 e. The van der Waals surface area contributed by atoms with E-state index in [0.717, 1.165) is 0 Å². The molecule has 7 nitrogen and oxygen atoms in total. The molecule has 2 aromatic heterocycles. The molecule has 0 bridgehead atoms. The van der Waals surface area contributed by atoms with Gasteiger partial charge in [0.05, 0.1) is 6.61 Å². The number of carbonyl (C=O) groups is 1. The summed E-state index contributed by atoms with van der Waals surface area (Å²) < 4.78 is 5.01. The normalized spacial score (nSPS) is 12.6. The summed E-state index contributed by atoms with van der Waals surface area (Å²) in [6.07, 6.45) is 1.93. The van der Waals surface area contributed by atoms with Crippen molar-refractivity contribution in [1.29, 1.82) is 0 Å². The van der Waals surface area contributed by atoms with Crippen LogP contribution in [0.15, 0.2) is 6.33 Å². The third-order valence-electron chi connectivity index (χ3n) is 2.65. The predicted octanol–water partition coefficient (Wildman–Crippen LogP) is 0.992. The molecule has 2 aromatic rings. The Bertz CT molecular complexity index is 566. The highest BCUT2D eigenvalue weighted by molar-refractivity contribution is 5.83. The number of H-pyrrole nitrogens is 1. The van der Waals surface area contributed by atoms with Crippen LogP contribution in [-0.2, 0) is 9.53 Å². The molecule has 0 fully saturated rings. The number of fused-ring (bicyclic) bond motifs is 1. The molecule has 1 atom stereocenters. The molecule has 2 rings (SSSR count). The summed E-state index contributed by atoms with van der Waals surface area (Å²) in [5, 5.41) is 0. The second-order valence-corrected chi connectivity index (χ2v) is 3.79. The lowest BCUT2D eigenvalue weighted by atomic mass is 10.1. The summed E-state index contributed by atoms with van der Waals surface area (Å²) in [4.78, 5) is 26.9. The van der Waals surface area contributed by atoms with Crippen molar-refractivity contribution >= 4 is 23.0 Å². The average Bonchev–Trinajstić information content (AvgIpc) is 2.75. The summed E-state index contributed by atoms with van der Waals surface area (Å²) in [6, 6.07) is 0. The van der Waals surface area contributed by atoms with E-state index in [1.165, 1.54) is 6.33 Å². The Labute approximate surface area is 104 Å². The van der Waals surface area contributed by atoms with Gasteiger partial charge in [-0.05, 0) is 13.3 Å². The topological polar surface area (TPSA) is 107 Å². The Balaban J connectivity index is 2.40. The number of aromatic nitrogens is 4. The van der Waals surface area contributed by atoms with Crippen molar-refractivity contribution in [3.63, 3.8) is 0 Å². The molecular weight excluding hydrogens is 234 g/mol. The summed E-state index contributed by atoms with van der Waals surface area (Å²) in [5.74, 6) is 0.0970. The van der Waals surface area contributed by atoms with Gasteiger partial charge in [0.1, 0.15) is 23.6 Å². The van der Waals surface area contributed by atoms with E-state index in [1.807, 2.05) is 6.92 Å². The van der Waals surface area contributed by atoms with Gasteiger partial charge in [-0.3, -0.25) is 4.79 Å². The van der Waals surface area contributed by atoms with Crippen LogP contribution in [0, 0.1) is 0 Å². The van der Waals surface area contributed by atoms with Gasteiger partial charge in [-0.2, -0.15) is 0 Å². The summed E-state index contributed by atoms with van der Waals surface area (Å²) in [6.45, 7) is 4.01. The first-order valence-corrected chi connectivity index (χ1v) is 5.80. The zero-order valence-corrected chi connectivity index (χ0v) is 10.3. The van der Waals surface area contributed by atoms with E-state index < -0.39 is 5.92 Å². The SMILES string of the molecule is CCOC(=O)C(CC)c1nc2ncnc(N)c2[nH]1. The molecule has 18 heavy (non-hydrogen) atoms. The smallest absolute Gasteiger partial charge is 0.316 e. The highest BCUT2D eigenvalue weighted by Crippen LogP contribution is 2.22. The van der Waals surface area contributed by atoms with Crippen molar-refractivity contribution in [3.8, 4) is 0 Å². The van der Waals surface area contributed by atoms with Crippen LogP contribution in [0.1, 0.15) is 32.0 Å². The van der Waals surface area contributed by atoms with Crippen molar-refractivity contribution in [3.05, 3.63) is 12.2 Å². The van der Waals surface area contributed by atoms with E-state index >= 15 is 0 Å². The lowest BCUT2D eigenvalue weighted by Gasteiger charge is -2.10. The van der Waals surface area contributed by atoms with Crippen LogP contribution in [0.5, 0.6) is 0 Å². The summed E-state index contributed by atoms with van der Waals surface area (Å²) in [5.41, 5.74) is 6.72. The number of carbonyl (C=O) groups excluding carboxylic acids is 1. The number of rotatable bonds is 4. The van der Waals surface area contributed by atoms with Crippen LogP contribution < -0.4 is 5.73 Å². The molecule has 0 radical (unpaired) electrons. The van der Waals surface area contributed by atoms with Gasteiger partial charge < -0.3 is 15.5 Å². The first-order chi connectivity index (χ1) is 8.67. The van der Waals surface area contributed by atoms with Gasteiger partial charge in [-0.15, -0.1) is 0 Å². The number of nitrogens with two attached hydrogens (primary N) is 1. The number of nitrogens with zero attached hydrogens (tertiary/aromatic N) is 3. The van der Waals surface area contributed by atoms with E-state index in [9.17, 15) is 4.79 Å². The number of nitrogen functional groups attached to an aromatic ring is 1. The van der Waals surface area contributed by atoms with Gasteiger partial charge in [-0.1, -0.05) is 6.92 Å². The number of aromatic amines is 1. The minimum atomic E-state index is -0.432. The van der Waals surface area contributed by atoms with Crippen molar-refractivity contribution < 1.29 is 9.53 Å². The first-order valence-electron chi connectivity index (χ1n) is 5.80. The number of nitrogens with one attached hydrogen (secondary N) is 1. The number of ether oxygens (including phenoxy) is 1. The van der Waals surface area contributed by atoms with Crippen LogP contribution >= 0.6 is 0 Å². The lowest BCUT2D eigenvalue weighted by molar-refractivity contribution is -0.145. The maximum atomic E-state index is 11.8.